The lowest BCUT2D eigenvalue weighted by Gasteiger charge is -2.18. The van der Waals surface area contributed by atoms with Gasteiger partial charge in [0.15, 0.2) is 9.84 Å². The fourth-order valence-electron chi connectivity index (χ4n) is 3.01. The smallest absolute Gasteiger partial charge is 0.155 e. The highest BCUT2D eigenvalue weighted by Gasteiger charge is 2.27. The van der Waals surface area contributed by atoms with Crippen LogP contribution in [0, 0.1) is 0 Å². The average Bonchev–Trinajstić information content (AvgIpc) is 2.58. The maximum absolute atomic E-state index is 12.2. The highest BCUT2D eigenvalue weighted by Crippen LogP contribution is 2.21. The molecule has 0 saturated carbocycles. The van der Waals surface area contributed by atoms with Gasteiger partial charge in [-0.25, -0.2) is 8.42 Å². The third kappa shape index (κ3) is 5.66. The molecule has 2 aromatic rings. The van der Waals surface area contributed by atoms with Gasteiger partial charge in [0.25, 0.3) is 0 Å². The summed E-state index contributed by atoms with van der Waals surface area (Å²) in [5, 5.41) is 2.42. The Bertz CT molecular complexity index is 840. The SMILES string of the molecule is CC(C)(C)S(=O)(=O)CCCCCC(=O)CCc1cccc2ccccc12. The maximum atomic E-state index is 12.2. The molecule has 4 heteroatoms. The van der Waals surface area contributed by atoms with Gasteiger partial charge in [-0.15, -0.1) is 0 Å². The van der Waals surface area contributed by atoms with Crippen molar-refractivity contribution in [3.05, 3.63) is 48.0 Å². The van der Waals surface area contributed by atoms with Crippen molar-refractivity contribution >= 4 is 26.4 Å². The summed E-state index contributed by atoms with van der Waals surface area (Å²) < 4.78 is 23.4. The zero-order valence-corrected chi connectivity index (χ0v) is 16.9. The van der Waals surface area contributed by atoms with Crippen LogP contribution < -0.4 is 0 Å². The van der Waals surface area contributed by atoms with Crippen LogP contribution in [-0.4, -0.2) is 24.7 Å². The maximum Gasteiger partial charge on any atom is 0.155 e. The summed E-state index contributed by atoms with van der Waals surface area (Å²) in [5.74, 6) is 0.470. The predicted octanol–water partition coefficient (Wildman–Crippen LogP) is 5.12. The molecule has 3 nitrogen and oxygen atoms in total. The van der Waals surface area contributed by atoms with E-state index < -0.39 is 14.6 Å². The van der Waals surface area contributed by atoms with Gasteiger partial charge in [0.1, 0.15) is 5.78 Å². The summed E-state index contributed by atoms with van der Waals surface area (Å²) in [5.41, 5.74) is 1.22. The van der Waals surface area contributed by atoms with Crippen LogP contribution in [0.2, 0.25) is 0 Å². The molecule has 0 aliphatic carbocycles. The van der Waals surface area contributed by atoms with Gasteiger partial charge < -0.3 is 0 Å². The number of unbranched alkanes of at least 4 members (excludes halogenated alkanes) is 2. The number of hydrogen-bond acceptors (Lipinski definition) is 3. The fourth-order valence-corrected chi connectivity index (χ4v) is 4.20. The predicted molar refractivity (Wildman–Crippen MR) is 109 cm³/mol. The van der Waals surface area contributed by atoms with Gasteiger partial charge in [0.05, 0.1) is 10.5 Å². The van der Waals surface area contributed by atoms with Crippen molar-refractivity contribution in [3.63, 3.8) is 0 Å². The van der Waals surface area contributed by atoms with Crippen molar-refractivity contribution in [2.75, 3.05) is 5.75 Å². The summed E-state index contributed by atoms with van der Waals surface area (Å²) in [6.45, 7) is 5.21. The Kier molecular flexibility index (Phi) is 6.99. The second kappa shape index (κ2) is 8.81. The molecule has 26 heavy (non-hydrogen) atoms. The van der Waals surface area contributed by atoms with E-state index in [0.29, 0.717) is 19.3 Å². The third-order valence-corrected chi connectivity index (χ3v) is 7.55. The lowest BCUT2D eigenvalue weighted by Crippen LogP contribution is -2.30. The number of benzene rings is 2. The molecular formula is C22H30O3S. The van der Waals surface area contributed by atoms with Crippen molar-refractivity contribution in [1.82, 2.24) is 0 Å². The molecule has 0 unspecified atom stereocenters. The van der Waals surface area contributed by atoms with E-state index in [-0.39, 0.29) is 11.5 Å². The van der Waals surface area contributed by atoms with E-state index in [1.165, 1.54) is 16.3 Å². The van der Waals surface area contributed by atoms with Crippen LogP contribution in [0.25, 0.3) is 10.8 Å². The van der Waals surface area contributed by atoms with E-state index in [2.05, 4.69) is 24.3 Å². The largest absolute Gasteiger partial charge is 0.300 e. The van der Waals surface area contributed by atoms with Gasteiger partial charge in [-0.3, -0.25) is 4.79 Å². The molecule has 0 saturated heterocycles. The Morgan fingerprint density at radius 3 is 2.31 bits per heavy atom. The number of sulfone groups is 1. The fraction of sp³-hybridized carbons (Fsp3) is 0.500. The Morgan fingerprint density at radius 2 is 1.58 bits per heavy atom. The number of rotatable bonds is 9. The van der Waals surface area contributed by atoms with Gasteiger partial charge >= 0.3 is 0 Å². The van der Waals surface area contributed by atoms with E-state index in [1.54, 1.807) is 20.8 Å². The molecule has 0 aromatic heterocycles. The molecule has 0 fully saturated rings. The summed E-state index contributed by atoms with van der Waals surface area (Å²) in [4.78, 5) is 12.2. The zero-order valence-electron chi connectivity index (χ0n) is 16.1. The second-order valence-corrected chi connectivity index (χ2v) is 10.8. The average molecular weight is 375 g/mol. The molecule has 0 heterocycles. The number of ketones is 1. The van der Waals surface area contributed by atoms with Gasteiger partial charge in [-0.05, 0) is 56.4 Å². The number of fused-ring (bicyclic) bond motifs is 1. The highest BCUT2D eigenvalue weighted by atomic mass is 32.2. The molecule has 0 N–H and O–H groups in total. The highest BCUT2D eigenvalue weighted by molar-refractivity contribution is 7.92. The van der Waals surface area contributed by atoms with Crippen molar-refractivity contribution in [3.8, 4) is 0 Å². The lowest BCUT2D eigenvalue weighted by molar-refractivity contribution is -0.119. The minimum absolute atomic E-state index is 0.209. The van der Waals surface area contributed by atoms with Crippen molar-refractivity contribution < 1.29 is 13.2 Å². The van der Waals surface area contributed by atoms with Gasteiger partial charge in [0, 0.05) is 12.8 Å². The Balaban J connectivity index is 1.73. The Labute approximate surface area is 157 Å². The zero-order chi connectivity index (χ0) is 19.2. The summed E-state index contributed by atoms with van der Waals surface area (Å²) in [6, 6.07) is 14.5. The molecule has 0 spiro atoms. The number of aryl methyl sites for hydroxylation is 1. The molecule has 0 atom stereocenters. The first kappa shape index (κ1) is 20.6. The topological polar surface area (TPSA) is 51.2 Å². The van der Waals surface area contributed by atoms with Crippen LogP contribution in [0.4, 0.5) is 0 Å². The minimum atomic E-state index is -3.05. The first-order valence-corrected chi connectivity index (χ1v) is 11.1. The van der Waals surface area contributed by atoms with E-state index in [9.17, 15) is 13.2 Å². The molecule has 142 valence electrons. The summed E-state index contributed by atoms with van der Waals surface area (Å²) >= 11 is 0. The molecule has 0 aliphatic heterocycles. The van der Waals surface area contributed by atoms with E-state index in [1.807, 2.05) is 18.2 Å². The third-order valence-electron chi connectivity index (χ3n) is 4.85. The van der Waals surface area contributed by atoms with Gasteiger partial charge in [0.2, 0.25) is 0 Å². The number of carbonyl (C=O) groups excluding carboxylic acids is 1. The van der Waals surface area contributed by atoms with Crippen LogP contribution in [0.3, 0.4) is 0 Å². The summed E-state index contributed by atoms with van der Waals surface area (Å²) in [7, 11) is -3.05. The first-order valence-electron chi connectivity index (χ1n) is 9.41. The molecule has 0 aliphatic rings. The van der Waals surface area contributed by atoms with Crippen LogP contribution in [0.1, 0.15) is 58.4 Å². The molecule has 0 bridgehead atoms. The Hall–Kier alpha value is -1.68. The van der Waals surface area contributed by atoms with Crippen LogP contribution in [0.15, 0.2) is 42.5 Å². The number of carbonyl (C=O) groups is 1. The summed E-state index contributed by atoms with van der Waals surface area (Å²) in [6.07, 6.45) is 4.05. The second-order valence-electron chi connectivity index (χ2n) is 7.92. The Morgan fingerprint density at radius 1 is 0.885 bits per heavy atom. The van der Waals surface area contributed by atoms with Crippen LogP contribution in [-0.2, 0) is 21.1 Å². The van der Waals surface area contributed by atoms with Gasteiger partial charge in [-0.2, -0.15) is 0 Å². The number of Topliss-reactive ketones (excluding diaryl/α,β-unsaturated/α-hetero) is 1. The molecule has 2 aromatic carbocycles. The van der Waals surface area contributed by atoms with E-state index in [0.717, 1.165) is 19.3 Å². The van der Waals surface area contributed by atoms with Crippen molar-refractivity contribution in [2.24, 2.45) is 0 Å². The minimum Gasteiger partial charge on any atom is -0.300 e. The monoisotopic (exact) mass is 374 g/mol. The number of hydrogen-bond donors (Lipinski definition) is 0. The van der Waals surface area contributed by atoms with Crippen molar-refractivity contribution in [1.29, 1.82) is 0 Å². The van der Waals surface area contributed by atoms with E-state index in [4.69, 9.17) is 0 Å². The van der Waals surface area contributed by atoms with Gasteiger partial charge in [-0.1, -0.05) is 48.9 Å². The van der Waals surface area contributed by atoms with Crippen molar-refractivity contribution in [2.45, 2.75) is 64.0 Å². The molecule has 2 rings (SSSR count). The quantitative estimate of drug-likeness (QED) is 0.573. The lowest BCUT2D eigenvalue weighted by atomic mass is 9.98. The van der Waals surface area contributed by atoms with Crippen LogP contribution in [0.5, 0.6) is 0 Å². The van der Waals surface area contributed by atoms with E-state index >= 15 is 0 Å². The van der Waals surface area contributed by atoms with Crippen LogP contribution >= 0.6 is 0 Å². The normalized spacial score (nSPS) is 12.4. The standard InChI is InChI=1S/C22H30O3S/c1-22(2,3)26(24,25)17-8-4-5-13-20(23)16-15-19-12-9-11-18-10-6-7-14-21(18)19/h6-7,9-12,14H,4-5,8,13,15-17H2,1-3H3. The molecule has 0 radical (unpaired) electrons. The molecular weight excluding hydrogens is 344 g/mol. The first-order chi connectivity index (χ1) is 12.2. The molecule has 0 amide bonds.